The lowest BCUT2D eigenvalue weighted by molar-refractivity contribution is -0.138. The van der Waals surface area contributed by atoms with Crippen molar-refractivity contribution in [2.75, 3.05) is 12.1 Å². The van der Waals surface area contributed by atoms with Crippen LogP contribution in [-0.2, 0) is 19.8 Å². The molecule has 1 atom stereocenters. The summed E-state index contributed by atoms with van der Waals surface area (Å²) in [5.74, 6) is 0.586. The van der Waals surface area contributed by atoms with Gasteiger partial charge in [0.05, 0.1) is 5.41 Å². The number of hydrogen-bond acceptors (Lipinski definition) is 5. The highest BCUT2D eigenvalue weighted by Gasteiger charge is 2.42. The van der Waals surface area contributed by atoms with Gasteiger partial charge in [-0.3, -0.25) is 19.7 Å². The Bertz CT molecular complexity index is 1030. The van der Waals surface area contributed by atoms with E-state index in [1.165, 1.54) is 6.08 Å². The minimum atomic E-state index is -0.713. The monoisotopic (exact) mass is 406 g/mol. The molecular formula is C23H22N2O5. The minimum absolute atomic E-state index is 0.205. The van der Waals surface area contributed by atoms with E-state index < -0.39 is 5.41 Å². The Hall–Kier alpha value is -3.61. The lowest BCUT2D eigenvalue weighted by Gasteiger charge is -2.35. The standard InChI is InChI=1S/C23H22N2O5/c1-2-23(12-11-21(27)25-22(23)28)16-5-7-17(8-6-16)24-20(26)10-4-15-3-9-18-19(13-15)30-14-29-18/h3-10,13H,2,11-12,14H2,1H3,(H,24,26)(H,25,27,28)/b10-4+. The van der Waals surface area contributed by atoms with Crippen LogP contribution in [0.1, 0.15) is 37.3 Å². The molecule has 2 heterocycles. The molecule has 1 fully saturated rings. The van der Waals surface area contributed by atoms with Crippen LogP contribution >= 0.6 is 0 Å². The number of nitrogens with one attached hydrogen (secondary N) is 2. The van der Waals surface area contributed by atoms with Crippen molar-refractivity contribution in [2.45, 2.75) is 31.6 Å². The van der Waals surface area contributed by atoms with E-state index >= 15 is 0 Å². The first-order valence-corrected chi connectivity index (χ1v) is 9.84. The molecule has 1 unspecified atom stereocenters. The molecule has 7 heteroatoms. The summed E-state index contributed by atoms with van der Waals surface area (Å²) in [7, 11) is 0. The van der Waals surface area contributed by atoms with Crippen molar-refractivity contribution < 1.29 is 23.9 Å². The van der Waals surface area contributed by atoms with Crippen LogP contribution in [0.25, 0.3) is 6.08 Å². The molecule has 0 saturated carbocycles. The van der Waals surface area contributed by atoms with E-state index in [1.807, 2.05) is 31.2 Å². The maximum Gasteiger partial charge on any atom is 0.248 e. The fourth-order valence-electron chi connectivity index (χ4n) is 3.81. The second kappa shape index (κ2) is 8.02. The smallest absolute Gasteiger partial charge is 0.248 e. The number of rotatable bonds is 5. The first-order valence-electron chi connectivity index (χ1n) is 9.84. The summed E-state index contributed by atoms with van der Waals surface area (Å²) in [5, 5.41) is 5.25. The molecule has 2 N–H and O–H groups in total. The van der Waals surface area contributed by atoms with Gasteiger partial charge in [0.2, 0.25) is 24.5 Å². The van der Waals surface area contributed by atoms with E-state index in [1.54, 1.807) is 24.3 Å². The molecule has 4 rings (SSSR count). The Morgan fingerprint density at radius 3 is 2.63 bits per heavy atom. The number of imide groups is 1. The van der Waals surface area contributed by atoms with Crippen LogP contribution in [0.5, 0.6) is 11.5 Å². The van der Waals surface area contributed by atoms with Crippen LogP contribution in [0.15, 0.2) is 48.5 Å². The molecule has 30 heavy (non-hydrogen) atoms. The number of anilines is 1. The number of carbonyl (C=O) groups excluding carboxylic acids is 3. The summed E-state index contributed by atoms with van der Waals surface area (Å²) in [5.41, 5.74) is 1.57. The number of piperidine rings is 1. The number of hydrogen-bond donors (Lipinski definition) is 2. The van der Waals surface area contributed by atoms with Gasteiger partial charge in [0.15, 0.2) is 11.5 Å². The third-order valence-electron chi connectivity index (χ3n) is 5.60. The molecule has 2 aliphatic rings. The fourth-order valence-corrected chi connectivity index (χ4v) is 3.81. The topological polar surface area (TPSA) is 93.7 Å². The third-order valence-corrected chi connectivity index (χ3v) is 5.60. The highest BCUT2D eigenvalue weighted by molar-refractivity contribution is 6.04. The van der Waals surface area contributed by atoms with Gasteiger partial charge < -0.3 is 14.8 Å². The summed E-state index contributed by atoms with van der Waals surface area (Å²) >= 11 is 0. The van der Waals surface area contributed by atoms with Crippen molar-refractivity contribution in [1.82, 2.24) is 5.32 Å². The number of benzene rings is 2. The van der Waals surface area contributed by atoms with Gasteiger partial charge in [-0.1, -0.05) is 25.1 Å². The van der Waals surface area contributed by atoms with Gasteiger partial charge in [0, 0.05) is 18.2 Å². The molecule has 0 aliphatic carbocycles. The average Bonchev–Trinajstić information content (AvgIpc) is 3.21. The van der Waals surface area contributed by atoms with Gasteiger partial charge in [0.25, 0.3) is 0 Å². The maximum absolute atomic E-state index is 12.5. The molecule has 2 aromatic rings. The molecule has 7 nitrogen and oxygen atoms in total. The first kappa shape index (κ1) is 19.7. The summed E-state index contributed by atoms with van der Waals surface area (Å²) in [4.78, 5) is 36.2. The minimum Gasteiger partial charge on any atom is -0.454 e. The van der Waals surface area contributed by atoms with Gasteiger partial charge in [-0.05, 0) is 54.3 Å². The van der Waals surface area contributed by atoms with Crippen molar-refractivity contribution in [2.24, 2.45) is 0 Å². The van der Waals surface area contributed by atoms with Gasteiger partial charge >= 0.3 is 0 Å². The molecular weight excluding hydrogens is 384 g/mol. The average molecular weight is 406 g/mol. The van der Waals surface area contributed by atoms with Crippen LogP contribution in [-0.4, -0.2) is 24.5 Å². The molecule has 0 bridgehead atoms. The number of fused-ring (bicyclic) bond motifs is 1. The van der Waals surface area contributed by atoms with Crippen molar-refractivity contribution in [3.63, 3.8) is 0 Å². The Morgan fingerprint density at radius 1 is 1.13 bits per heavy atom. The van der Waals surface area contributed by atoms with Crippen LogP contribution in [0.2, 0.25) is 0 Å². The molecule has 0 radical (unpaired) electrons. The molecule has 154 valence electrons. The normalized spacial score (nSPS) is 20.3. The summed E-state index contributed by atoms with van der Waals surface area (Å²) in [6.07, 6.45) is 4.54. The van der Waals surface area contributed by atoms with Crippen LogP contribution < -0.4 is 20.1 Å². The fraction of sp³-hybridized carbons (Fsp3) is 0.261. The van der Waals surface area contributed by atoms with Crippen molar-refractivity contribution in [3.8, 4) is 11.5 Å². The van der Waals surface area contributed by atoms with E-state index in [4.69, 9.17) is 9.47 Å². The van der Waals surface area contributed by atoms with E-state index in [-0.39, 0.29) is 24.5 Å². The second-order valence-electron chi connectivity index (χ2n) is 7.33. The van der Waals surface area contributed by atoms with E-state index in [0.717, 1.165) is 11.1 Å². The molecule has 2 aliphatic heterocycles. The molecule has 3 amide bonds. The highest BCUT2D eigenvalue weighted by Crippen LogP contribution is 2.36. The van der Waals surface area contributed by atoms with Crippen LogP contribution in [0.4, 0.5) is 5.69 Å². The summed E-state index contributed by atoms with van der Waals surface area (Å²) in [6, 6.07) is 12.6. The van der Waals surface area contributed by atoms with Crippen molar-refractivity contribution >= 4 is 29.5 Å². The molecule has 1 saturated heterocycles. The highest BCUT2D eigenvalue weighted by atomic mass is 16.7. The predicted octanol–water partition coefficient (Wildman–Crippen LogP) is 3.15. The van der Waals surface area contributed by atoms with Crippen molar-refractivity contribution in [3.05, 3.63) is 59.7 Å². The number of amides is 3. The van der Waals surface area contributed by atoms with E-state index in [9.17, 15) is 14.4 Å². The zero-order valence-electron chi connectivity index (χ0n) is 16.6. The first-order chi connectivity index (χ1) is 14.5. The Morgan fingerprint density at radius 2 is 1.90 bits per heavy atom. The van der Waals surface area contributed by atoms with E-state index in [0.29, 0.717) is 36.4 Å². The zero-order chi connectivity index (χ0) is 21.1. The second-order valence-corrected chi connectivity index (χ2v) is 7.33. The van der Waals surface area contributed by atoms with E-state index in [2.05, 4.69) is 10.6 Å². The molecule has 2 aromatic carbocycles. The van der Waals surface area contributed by atoms with Crippen LogP contribution in [0.3, 0.4) is 0 Å². The zero-order valence-corrected chi connectivity index (χ0v) is 16.6. The Kier molecular flexibility index (Phi) is 5.27. The lowest BCUT2D eigenvalue weighted by atomic mass is 9.72. The van der Waals surface area contributed by atoms with Gasteiger partial charge in [-0.15, -0.1) is 0 Å². The summed E-state index contributed by atoms with van der Waals surface area (Å²) < 4.78 is 10.6. The Labute approximate surface area is 174 Å². The lowest BCUT2D eigenvalue weighted by Crippen LogP contribution is -2.51. The third kappa shape index (κ3) is 3.78. The number of ether oxygens (including phenoxy) is 2. The van der Waals surface area contributed by atoms with Gasteiger partial charge in [-0.25, -0.2) is 0 Å². The molecule has 0 aromatic heterocycles. The predicted molar refractivity (Wildman–Crippen MR) is 111 cm³/mol. The summed E-state index contributed by atoms with van der Waals surface area (Å²) in [6.45, 7) is 2.14. The quantitative estimate of drug-likeness (QED) is 0.588. The largest absolute Gasteiger partial charge is 0.454 e. The van der Waals surface area contributed by atoms with Crippen LogP contribution in [0, 0.1) is 0 Å². The van der Waals surface area contributed by atoms with Gasteiger partial charge in [0.1, 0.15) is 0 Å². The Balaban J connectivity index is 1.42. The molecule has 0 spiro atoms. The SMILES string of the molecule is CCC1(c2ccc(NC(=O)/C=C/c3ccc4c(c3)OCO4)cc2)CCC(=O)NC1=O. The van der Waals surface area contributed by atoms with Gasteiger partial charge in [-0.2, -0.15) is 0 Å². The number of carbonyl (C=O) groups is 3. The van der Waals surface area contributed by atoms with Crippen molar-refractivity contribution in [1.29, 1.82) is 0 Å². The maximum atomic E-state index is 12.5.